The minimum atomic E-state index is 0.104. The van der Waals surface area contributed by atoms with Crippen LogP contribution in [0.4, 0.5) is 5.69 Å². The van der Waals surface area contributed by atoms with Gasteiger partial charge in [-0.2, -0.15) is 0 Å². The Morgan fingerprint density at radius 2 is 2.05 bits per heavy atom. The van der Waals surface area contributed by atoms with Gasteiger partial charge in [0.1, 0.15) is 5.84 Å². The normalized spacial score (nSPS) is 16.7. The summed E-state index contributed by atoms with van der Waals surface area (Å²) in [5.41, 5.74) is 7.44. The third-order valence-corrected chi connectivity index (χ3v) is 4.06. The summed E-state index contributed by atoms with van der Waals surface area (Å²) < 4.78 is 0. The number of amidine groups is 1. The van der Waals surface area contributed by atoms with Gasteiger partial charge in [-0.15, -0.1) is 0 Å². The fourth-order valence-corrected chi connectivity index (χ4v) is 3.03. The number of nitrogens with zero attached hydrogens (tertiary/aromatic N) is 2. The molecular formula is C15H23ClN4. The number of hydrogen-bond donors (Lipinski definition) is 2. The van der Waals surface area contributed by atoms with Crippen molar-refractivity contribution in [3.05, 3.63) is 28.8 Å². The van der Waals surface area contributed by atoms with Gasteiger partial charge in [0.2, 0.25) is 0 Å². The molecule has 20 heavy (non-hydrogen) atoms. The minimum Gasteiger partial charge on any atom is -0.384 e. The van der Waals surface area contributed by atoms with E-state index in [1.807, 2.05) is 12.1 Å². The maximum absolute atomic E-state index is 7.70. The Morgan fingerprint density at radius 1 is 1.40 bits per heavy atom. The molecule has 0 bridgehead atoms. The van der Waals surface area contributed by atoms with Crippen molar-refractivity contribution in [2.45, 2.75) is 12.8 Å². The zero-order chi connectivity index (χ0) is 14.7. The van der Waals surface area contributed by atoms with E-state index in [2.05, 4.69) is 23.9 Å². The first kappa shape index (κ1) is 15.1. The molecule has 5 heteroatoms. The number of piperidine rings is 1. The number of halogens is 1. The van der Waals surface area contributed by atoms with Crippen molar-refractivity contribution in [3.63, 3.8) is 0 Å². The van der Waals surface area contributed by atoms with E-state index in [1.165, 1.54) is 12.8 Å². The van der Waals surface area contributed by atoms with Crippen LogP contribution in [0.15, 0.2) is 18.2 Å². The van der Waals surface area contributed by atoms with Crippen molar-refractivity contribution >= 4 is 23.1 Å². The summed E-state index contributed by atoms with van der Waals surface area (Å²) in [6.45, 7) is 3.14. The van der Waals surface area contributed by atoms with Gasteiger partial charge in [0.15, 0.2) is 0 Å². The molecule has 1 aliphatic heterocycles. The lowest BCUT2D eigenvalue weighted by molar-refractivity contribution is 0.285. The standard InChI is InChI=1S/C15H23ClN4/c1-19(2)10-11-5-7-20(8-6-11)14-9-12(16)3-4-13(14)15(17)18/h3-4,9,11H,5-8,10H2,1-2H3,(H3,17,18). The summed E-state index contributed by atoms with van der Waals surface area (Å²) in [5, 5.41) is 8.39. The van der Waals surface area contributed by atoms with Crippen molar-refractivity contribution in [1.29, 1.82) is 5.41 Å². The zero-order valence-electron chi connectivity index (χ0n) is 12.2. The maximum Gasteiger partial charge on any atom is 0.124 e. The molecule has 0 unspecified atom stereocenters. The largest absolute Gasteiger partial charge is 0.384 e. The van der Waals surface area contributed by atoms with Crippen LogP contribution < -0.4 is 10.6 Å². The van der Waals surface area contributed by atoms with Crippen molar-refractivity contribution < 1.29 is 0 Å². The highest BCUT2D eigenvalue weighted by Gasteiger charge is 2.22. The Morgan fingerprint density at radius 3 is 2.60 bits per heavy atom. The van der Waals surface area contributed by atoms with E-state index in [1.54, 1.807) is 6.07 Å². The average Bonchev–Trinajstić information content (AvgIpc) is 2.38. The Bertz CT molecular complexity index is 479. The third kappa shape index (κ3) is 3.64. The molecule has 1 fully saturated rings. The molecule has 1 aliphatic rings. The molecule has 0 atom stereocenters. The van der Waals surface area contributed by atoms with E-state index in [-0.39, 0.29) is 5.84 Å². The molecule has 0 amide bonds. The molecule has 1 heterocycles. The van der Waals surface area contributed by atoms with Crippen LogP contribution in [0.5, 0.6) is 0 Å². The summed E-state index contributed by atoms with van der Waals surface area (Å²) in [4.78, 5) is 4.55. The Kier molecular flexibility index (Phi) is 4.89. The van der Waals surface area contributed by atoms with Gasteiger partial charge in [-0.3, -0.25) is 5.41 Å². The predicted molar refractivity (Wildman–Crippen MR) is 86.0 cm³/mol. The lowest BCUT2D eigenvalue weighted by Gasteiger charge is -2.35. The highest BCUT2D eigenvalue weighted by atomic mass is 35.5. The van der Waals surface area contributed by atoms with Crippen LogP contribution in [0.3, 0.4) is 0 Å². The van der Waals surface area contributed by atoms with Gasteiger partial charge >= 0.3 is 0 Å². The molecule has 1 aromatic carbocycles. The summed E-state index contributed by atoms with van der Waals surface area (Å²) in [7, 11) is 4.24. The van der Waals surface area contributed by atoms with Gasteiger partial charge < -0.3 is 15.5 Å². The van der Waals surface area contributed by atoms with Crippen LogP contribution in [0.25, 0.3) is 0 Å². The van der Waals surface area contributed by atoms with Gasteiger partial charge in [0.25, 0.3) is 0 Å². The van der Waals surface area contributed by atoms with Gasteiger partial charge in [0, 0.05) is 35.9 Å². The number of hydrogen-bond acceptors (Lipinski definition) is 3. The first-order chi connectivity index (χ1) is 9.47. The molecule has 2 rings (SSSR count). The van der Waals surface area contributed by atoms with E-state index in [0.29, 0.717) is 5.02 Å². The second-order valence-corrected chi connectivity index (χ2v) is 6.20. The number of benzene rings is 1. The molecule has 0 aromatic heterocycles. The molecule has 110 valence electrons. The van der Waals surface area contributed by atoms with Crippen LogP contribution in [-0.4, -0.2) is 44.5 Å². The van der Waals surface area contributed by atoms with E-state index in [0.717, 1.165) is 36.8 Å². The van der Waals surface area contributed by atoms with Gasteiger partial charge in [-0.05, 0) is 51.1 Å². The fourth-order valence-electron chi connectivity index (χ4n) is 2.87. The average molecular weight is 295 g/mol. The predicted octanol–water partition coefficient (Wildman–Crippen LogP) is 2.40. The molecule has 4 nitrogen and oxygen atoms in total. The van der Waals surface area contributed by atoms with E-state index < -0.39 is 0 Å². The van der Waals surface area contributed by atoms with Crippen molar-refractivity contribution in [3.8, 4) is 0 Å². The van der Waals surface area contributed by atoms with Crippen molar-refractivity contribution in [2.24, 2.45) is 11.7 Å². The number of nitrogens with two attached hydrogens (primary N) is 1. The molecule has 0 spiro atoms. The lowest BCUT2D eigenvalue weighted by atomic mass is 9.95. The quantitative estimate of drug-likeness (QED) is 0.662. The first-order valence-electron chi connectivity index (χ1n) is 7.01. The minimum absolute atomic E-state index is 0.104. The Balaban J connectivity index is 2.10. The van der Waals surface area contributed by atoms with Crippen LogP contribution in [0, 0.1) is 11.3 Å². The molecule has 0 saturated carbocycles. The van der Waals surface area contributed by atoms with Gasteiger partial charge in [-0.25, -0.2) is 0 Å². The first-order valence-corrected chi connectivity index (χ1v) is 7.39. The number of nitrogen functional groups attached to an aromatic ring is 1. The third-order valence-electron chi connectivity index (χ3n) is 3.83. The summed E-state index contributed by atoms with van der Waals surface area (Å²) in [6, 6.07) is 5.55. The topological polar surface area (TPSA) is 56.4 Å². The SMILES string of the molecule is CN(C)CC1CCN(c2cc(Cl)ccc2C(=N)N)CC1. The highest BCUT2D eigenvalue weighted by molar-refractivity contribution is 6.31. The molecule has 0 radical (unpaired) electrons. The monoisotopic (exact) mass is 294 g/mol. The Hall–Kier alpha value is -1.26. The highest BCUT2D eigenvalue weighted by Crippen LogP contribution is 2.29. The van der Waals surface area contributed by atoms with E-state index in [9.17, 15) is 0 Å². The molecular weight excluding hydrogens is 272 g/mol. The summed E-state index contributed by atoms with van der Waals surface area (Å²) in [5.74, 6) is 0.855. The fraction of sp³-hybridized carbons (Fsp3) is 0.533. The van der Waals surface area contributed by atoms with E-state index >= 15 is 0 Å². The van der Waals surface area contributed by atoms with Crippen LogP contribution in [0.1, 0.15) is 18.4 Å². The van der Waals surface area contributed by atoms with E-state index in [4.69, 9.17) is 22.7 Å². The van der Waals surface area contributed by atoms with Crippen molar-refractivity contribution in [1.82, 2.24) is 4.90 Å². The lowest BCUT2D eigenvalue weighted by Crippen LogP contribution is -2.38. The van der Waals surface area contributed by atoms with Crippen LogP contribution in [-0.2, 0) is 0 Å². The second-order valence-electron chi connectivity index (χ2n) is 5.77. The molecule has 3 N–H and O–H groups in total. The summed E-state index contributed by atoms with van der Waals surface area (Å²) >= 11 is 6.09. The number of nitrogens with one attached hydrogen (secondary N) is 1. The number of anilines is 1. The second kappa shape index (κ2) is 6.46. The summed E-state index contributed by atoms with van der Waals surface area (Å²) in [6.07, 6.45) is 2.34. The number of rotatable bonds is 4. The molecule has 0 aliphatic carbocycles. The van der Waals surface area contributed by atoms with Crippen LogP contribution in [0.2, 0.25) is 5.02 Å². The van der Waals surface area contributed by atoms with Crippen LogP contribution >= 0.6 is 11.6 Å². The smallest absolute Gasteiger partial charge is 0.124 e. The van der Waals surface area contributed by atoms with Gasteiger partial charge in [-0.1, -0.05) is 11.6 Å². The maximum atomic E-state index is 7.70. The molecule has 1 aromatic rings. The van der Waals surface area contributed by atoms with Crippen molar-refractivity contribution in [2.75, 3.05) is 38.6 Å². The van der Waals surface area contributed by atoms with Gasteiger partial charge in [0.05, 0.1) is 0 Å². The zero-order valence-corrected chi connectivity index (χ0v) is 13.0. The molecule has 1 saturated heterocycles. The Labute approximate surface area is 126 Å².